The molecule has 0 unspecified atom stereocenters. The lowest BCUT2D eigenvalue weighted by atomic mass is 10.2. The van der Waals surface area contributed by atoms with Crippen molar-refractivity contribution >= 4 is 34.9 Å². The number of benzene rings is 2. The largest absolute Gasteiger partial charge is 0.338 e. The molecule has 0 amide bonds. The standard InChI is InChI=1S/C16H14N2S/c1-19-13-9-6-12(7-10-13)8-11-16-17-14-4-2-3-5-15(14)18-16/h2-11H,1H3,(H,17,18)/b11-8+. The van der Waals surface area contributed by atoms with E-state index < -0.39 is 0 Å². The van der Waals surface area contributed by atoms with Crippen LogP contribution in [0.4, 0.5) is 0 Å². The molecular weight excluding hydrogens is 252 g/mol. The van der Waals surface area contributed by atoms with Crippen LogP contribution in [0.25, 0.3) is 23.2 Å². The zero-order valence-corrected chi connectivity index (χ0v) is 11.4. The molecule has 0 aliphatic heterocycles. The van der Waals surface area contributed by atoms with Gasteiger partial charge in [0, 0.05) is 4.90 Å². The molecule has 0 aliphatic rings. The summed E-state index contributed by atoms with van der Waals surface area (Å²) in [6.07, 6.45) is 6.16. The second-order valence-corrected chi connectivity index (χ2v) is 5.13. The Hall–Kier alpha value is -2.00. The van der Waals surface area contributed by atoms with Gasteiger partial charge in [-0.05, 0) is 42.2 Å². The van der Waals surface area contributed by atoms with Gasteiger partial charge < -0.3 is 4.98 Å². The van der Waals surface area contributed by atoms with Crippen molar-refractivity contribution in [2.75, 3.05) is 6.26 Å². The fraction of sp³-hybridized carbons (Fsp3) is 0.0625. The van der Waals surface area contributed by atoms with Crippen LogP contribution in [0.15, 0.2) is 53.4 Å². The van der Waals surface area contributed by atoms with Gasteiger partial charge in [0.15, 0.2) is 0 Å². The zero-order chi connectivity index (χ0) is 13.1. The van der Waals surface area contributed by atoms with E-state index in [-0.39, 0.29) is 0 Å². The lowest BCUT2D eigenvalue weighted by molar-refractivity contribution is 1.29. The van der Waals surface area contributed by atoms with Gasteiger partial charge in [0.1, 0.15) is 5.82 Å². The summed E-state index contributed by atoms with van der Waals surface area (Å²) in [6.45, 7) is 0. The van der Waals surface area contributed by atoms with Crippen molar-refractivity contribution in [3.05, 3.63) is 59.9 Å². The second-order valence-electron chi connectivity index (χ2n) is 4.25. The van der Waals surface area contributed by atoms with E-state index >= 15 is 0 Å². The van der Waals surface area contributed by atoms with Gasteiger partial charge in [-0.3, -0.25) is 0 Å². The topological polar surface area (TPSA) is 28.7 Å². The van der Waals surface area contributed by atoms with E-state index in [0.29, 0.717) is 0 Å². The number of aromatic amines is 1. The average Bonchev–Trinajstić information content (AvgIpc) is 2.88. The van der Waals surface area contributed by atoms with E-state index in [1.54, 1.807) is 11.8 Å². The summed E-state index contributed by atoms with van der Waals surface area (Å²) in [4.78, 5) is 9.08. The first kappa shape index (κ1) is 12.1. The third-order valence-corrected chi connectivity index (χ3v) is 3.70. The Morgan fingerprint density at radius 1 is 1.00 bits per heavy atom. The number of rotatable bonds is 3. The Kier molecular flexibility index (Phi) is 3.38. The fourth-order valence-corrected chi connectivity index (χ4v) is 2.35. The Balaban J connectivity index is 1.84. The van der Waals surface area contributed by atoms with Gasteiger partial charge in [0.25, 0.3) is 0 Å². The molecular formula is C16H14N2S. The predicted octanol–water partition coefficient (Wildman–Crippen LogP) is 4.46. The fourth-order valence-electron chi connectivity index (χ4n) is 1.94. The molecule has 3 aromatic rings. The molecule has 0 aliphatic carbocycles. The highest BCUT2D eigenvalue weighted by atomic mass is 32.2. The minimum Gasteiger partial charge on any atom is -0.338 e. The van der Waals surface area contributed by atoms with Crippen LogP contribution < -0.4 is 0 Å². The molecule has 0 fully saturated rings. The molecule has 0 saturated heterocycles. The monoisotopic (exact) mass is 266 g/mol. The second kappa shape index (κ2) is 5.33. The van der Waals surface area contributed by atoms with E-state index in [2.05, 4.69) is 46.6 Å². The Labute approximate surface area is 116 Å². The van der Waals surface area contributed by atoms with Gasteiger partial charge in [-0.15, -0.1) is 11.8 Å². The summed E-state index contributed by atoms with van der Waals surface area (Å²) < 4.78 is 0. The van der Waals surface area contributed by atoms with Crippen LogP contribution in [0.5, 0.6) is 0 Å². The Morgan fingerprint density at radius 3 is 2.53 bits per heavy atom. The first-order valence-electron chi connectivity index (χ1n) is 6.12. The summed E-state index contributed by atoms with van der Waals surface area (Å²) in [7, 11) is 0. The van der Waals surface area contributed by atoms with Crippen LogP contribution in [-0.2, 0) is 0 Å². The third-order valence-electron chi connectivity index (χ3n) is 2.96. The van der Waals surface area contributed by atoms with Crippen molar-refractivity contribution in [3.8, 4) is 0 Å². The molecule has 0 saturated carbocycles. The molecule has 3 rings (SSSR count). The van der Waals surface area contributed by atoms with Crippen LogP contribution in [0.1, 0.15) is 11.4 Å². The minimum absolute atomic E-state index is 0.884. The third kappa shape index (κ3) is 2.71. The number of nitrogens with one attached hydrogen (secondary N) is 1. The summed E-state index contributed by atoms with van der Waals surface area (Å²) >= 11 is 1.75. The molecule has 1 heterocycles. The maximum atomic E-state index is 4.52. The lowest BCUT2D eigenvalue weighted by Crippen LogP contribution is -1.75. The summed E-state index contributed by atoms with van der Waals surface area (Å²) in [6, 6.07) is 16.5. The number of para-hydroxylation sites is 2. The van der Waals surface area contributed by atoms with Crippen molar-refractivity contribution < 1.29 is 0 Å². The molecule has 3 heteroatoms. The SMILES string of the molecule is CSc1ccc(/C=C/c2nc3ccccc3[nH]2)cc1. The van der Waals surface area contributed by atoms with Crippen LogP contribution in [0, 0.1) is 0 Å². The van der Waals surface area contributed by atoms with Gasteiger partial charge in [0.05, 0.1) is 11.0 Å². The summed E-state index contributed by atoms with van der Waals surface area (Å²) in [5.41, 5.74) is 3.25. The first-order valence-corrected chi connectivity index (χ1v) is 7.34. The maximum Gasteiger partial charge on any atom is 0.131 e. The van der Waals surface area contributed by atoms with Crippen molar-refractivity contribution in [2.24, 2.45) is 0 Å². The highest BCUT2D eigenvalue weighted by molar-refractivity contribution is 7.98. The van der Waals surface area contributed by atoms with E-state index in [1.807, 2.05) is 30.3 Å². The molecule has 0 bridgehead atoms. The molecule has 94 valence electrons. The van der Waals surface area contributed by atoms with Crippen molar-refractivity contribution in [2.45, 2.75) is 4.90 Å². The zero-order valence-electron chi connectivity index (χ0n) is 10.6. The molecule has 1 aromatic heterocycles. The van der Waals surface area contributed by atoms with E-state index in [1.165, 1.54) is 10.5 Å². The predicted molar refractivity (Wildman–Crippen MR) is 83.2 cm³/mol. The molecule has 0 spiro atoms. The minimum atomic E-state index is 0.884. The maximum absolute atomic E-state index is 4.52. The lowest BCUT2D eigenvalue weighted by Gasteiger charge is -1.96. The Bertz CT molecular complexity index is 678. The molecule has 2 aromatic carbocycles. The van der Waals surface area contributed by atoms with Gasteiger partial charge >= 0.3 is 0 Å². The number of hydrogen-bond donors (Lipinski definition) is 1. The number of hydrogen-bond acceptors (Lipinski definition) is 2. The van der Waals surface area contributed by atoms with Crippen molar-refractivity contribution in [1.29, 1.82) is 0 Å². The molecule has 1 N–H and O–H groups in total. The number of H-pyrrole nitrogens is 1. The summed E-state index contributed by atoms with van der Waals surface area (Å²) in [5.74, 6) is 0.884. The summed E-state index contributed by atoms with van der Waals surface area (Å²) in [5, 5.41) is 0. The van der Waals surface area contributed by atoms with Crippen molar-refractivity contribution in [1.82, 2.24) is 9.97 Å². The van der Waals surface area contributed by atoms with Crippen LogP contribution in [0.3, 0.4) is 0 Å². The molecule has 19 heavy (non-hydrogen) atoms. The molecule has 0 radical (unpaired) electrons. The van der Waals surface area contributed by atoms with Crippen LogP contribution in [0.2, 0.25) is 0 Å². The number of aromatic nitrogens is 2. The van der Waals surface area contributed by atoms with Crippen LogP contribution >= 0.6 is 11.8 Å². The van der Waals surface area contributed by atoms with E-state index in [9.17, 15) is 0 Å². The van der Waals surface area contributed by atoms with Gasteiger partial charge in [-0.1, -0.05) is 30.3 Å². The molecule has 2 nitrogen and oxygen atoms in total. The molecule has 0 atom stereocenters. The number of fused-ring (bicyclic) bond motifs is 1. The first-order chi connectivity index (χ1) is 9.35. The highest BCUT2D eigenvalue weighted by Gasteiger charge is 1.97. The number of thioether (sulfide) groups is 1. The van der Waals surface area contributed by atoms with Gasteiger partial charge in [0.2, 0.25) is 0 Å². The Morgan fingerprint density at radius 2 is 1.79 bits per heavy atom. The smallest absolute Gasteiger partial charge is 0.131 e. The normalized spacial score (nSPS) is 11.4. The number of imidazole rings is 1. The quantitative estimate of drug-likeness (QED) is 0.709. The number of nitrogens with zero attached hydrogens (tertiary/aromatic N) is 1. The average molecular weight is 266 g/mol. The highest BCUT2D eigenvalue weighted by Crippen LogP contribution is 2.17. The van der Waals surface area contributed by atoms with Crippen molar-refractivity contribution in [3.63, 3.8) is 0 Å². The van der Waals surface area contributed by atoms with E-state index in [4.69, 9.17) is 0 Å². The van der Waals surface area contributed by atoms with E-state index in [0.717, 1.165) is 16.9 Å². The van der Waals surface area contributed by atoms with Gasteiger partial charge in [-0.25, -0.2) is 4.98 Å². The van der Waals surface area contributed by atoms with Crippen LogP contribution in [-0.4, -0.2) is 16.2 Å². The van der Waals surface area contributed by atoms with Gasteiger partial charge in [-0.2, -0.15) is 0 Å².